The molecule has 0 aromatic heterocycles. The molecule has 14 fully saturated rings. The summed E-state index contributed by atoms with van der Waals surface area (Å²) in [5.41, 5.74) is 20.7. The minimum absolute atomic E-state index is 0.810. The quantitative estimate of drug-likeness (QED) is 0.0629. The third-order valence-corrected chi connectivity index (χ3v) is 43.0. The van der Waals surface area contributed by atoms with E-state index in [2.05, 4.69) is 307 Å². The van der Waals surface area contributed by atoms with Crippen molar-refractivity contribution in [2.75, 3.05) is 0 Å². The predicted molar refractivity (Wildman–Crippen MR) is 641 cm³/mol. The molecule has 0 spiro atoms. The Hall–Kier alpha value is -7.28. The highest BCUT2D eigenvalue weighted by Gasteiger charge is 2.40. The van der Waals surface area contributed by atoms with Gasteiger partial charge in [0.1, 0.15) is 0 Å². The zero-order chi connectivity index (χ0) is 103. The molecule has 0 unspecified atom stereocenters. The van der Waals surface area contributed by atoms with E-state index >= 15 is 0 Å². The molecule has 798 valence electrons. The predicted octanol–water partition coefficient (Wildman–Crippen LogP) is 43.8. The standard InChI is InChI=1S/7C21H30/c7*1-3-17-6-10-19(11-7-17)21-14-12-20(13-15-21)18-8-4-16(2)5-9-18/h7*3-5,8-9,17,19-21H,1,6-7,10-15H2,2H3. The number of hydrogen-bond donors (Lipinski definition) is 0. The molecule has 0 radical (unpaired) electrons. The second kappa shape index (κ2) is 59.8. The van der Waals surface area contributed by atoms with Gasteiger partial charge in [-0.25, -0.2) is 0 Å². The molecule has 14 aliphatic rings. The summed E-state index contributed by atoms with van der Waals surface area (Å²) in [6, 6.07) is 64.9. The summed E-state index contributed by atoms with van der Waals surface area (Å²) in [7, 11) is 0. The van der Waals surface area contributed by atoms with Gasteiger partial charge in [-0.2, -0.15) is 0 Å². The minimum atomic E-state index is 0.810. The molecule has 0 N–H and O–H groups in total. The van der Waals surface area contributed by atoms with Crippen LogP contribution in [-0.4, -0.2) is 0 Å². The lowest BCUT2D eigenvalue weighted by Gasteiger charge is -2.37. The fourth-order valence-corrected chi connectivity index (χ4v) is 32.3. The maximum atomic E-state index is 3.97. The van der Waals surface area contributed by atoms with Crippen LogP contribution in [0.2, 0.25) is 0 Å². The number of aryl methyl sites for hydroxylation is 7. The summed E-state index contributed by atoms with van der Waals surface area (Å²) in [5.74, 6) is 25.6. The van der Waals surface area contributed by atoms with Gasteiger partial charge in [0.25, 0.3) is 0 Å². The SMILES string of the molecule is C=CC1CCC(C2CCC(c3ccc(C)cc3)CC2)CC1.C=CC1CCC(C2CCC(c3ccc(C)cc3)CC2)CC1.C=CC1CCC(C2CCC(c3ccc(C)cc3)CC2)CC1.C=CC1CCC(C2CCC(c3ccc(C)cc3)CC2)CC1.C=CC1CCC(C2CCC(c3ccc(C)cc3)CC2)CC1.C=CC1CCC(C2CCC(c3ccc(C)cc3)CC2)CC1.C=CC1CCC(C2CCC(c3ccc(C)cc3)CC2)CC1. The van der Waals surface area contributed by atoms with Gasteiger partial charge in [0.05, 0.1) is 0 Å². The topological polar surface area (TPSA) is 0 Å². The van der Waals surface area contributed by atoms with Crippen LogP contribution >= 0.6 is 0 Å². The summed E-state index contributed by atoms with van der Waals surface area (Å²) in [5, 5.41) is 0. The molecule has 7 aromatic carbocycles. The van der Waals surface area contributed by atoms with Crippen LogP contribution in [0.3, 0.4) is 0 Å². The second-order valence-corrected chi connectivity index (χ2v) is 52.0. The summed E-state index contributed by atoms with van der Waals surface area (Å²) in [6.07, 6.45) is 95.4. The van der Waals surface area contributed by atoms with Crippen molar-refractivity contribution in [3.05, 3.63) is 336 Å². The van der Waals surface area contributed by atoms with Gasteiger partial charge in [-0.3, -0.25) is 0 Å². The third-order valence-electron chi connectivity index (χ3n) is 43.0. The molecule has 21 rings (SSSR count). The van der Waals surface area contributed by atoms with E-state index in [9.17, 15) is 0 Å². The third kappa shape index (κ3) is 34.9. The number of allylic oxidation sites excluding steroid dienone is 7. The van der Waals surface area contributed by atoms with Gasteiger partial charge >= 0.3 is 0 Å². The fraction of sp³-hybridized carbons (Fsp3) is 0.619. The average molecular weight is 1980 g/mol. The molecule has 7 aromatic rings. The monoisotopic (exact) mass is 1980 g/mol. The molecule has 0 amide bonds. The van der Waals surface area contributed by atoms with Crippen molar-refractivity contribution in [2.24, 2.45) is 124 Å². The van der Waals surface area contributed by atoms with Crippen LogP contribution in [0, 0.1) is 173 Å². The van der Waals surface area contributed by atoms with E-state index < -0.39 is 0 Å². The molecule has 0 aliphatic heterocycles. The Kier molecular flexibility index (Phi) is 46.3. The first-order valence-electron chi connectivity index (χ1n) is 62.7. The van der Waals surface area contributed by atoms with Crippen LogP contribution < -0.4 is 0 Å². The van der Waals surface area contributed by atoms with E-state index in [-0.39, 0.29) is 0 Å². The largest absolute Gasteiger partial charge is 0.103 e. The first kappa shape index (κ1) is 114. The van der Waals surface area contributed by atoms with Crippen molar-refractivity contribution in [1.82, 2.24) is 0 Å². The van der Waals surface area contributed by atoms with Crippen LogP contribution in [0.15, 0.2) is 258 Å². The van der Waals surface area contributed by atoms with Crippen molar-refractivity contribution >= 4 is 0 Å². The lowest BCUT2D eigenvalue weighted by atomic mass is 9.68. The number of hydrogen-bond acceptors (Lipinski definition) is 0. The Labute approximate surface area is 903 Å². The number of benzene rings is 7. The minimum Gasteiger partial charge on any atom is -0.103 e. The van der Waals surface area contributed by atoms with Crippen LogP contribution in [0.4, 0.5) is 0 Å². The molecule has 147 heavy (non-hydrogen) atoms. The van der Waals surface area contributed by atoms with Crippen LogP contribution in [0.5, 0.6) is 0 Å². The van der Waals surface area contributed by atoms with Gasteiger partial charge in [0, 0.05) is 0 Å². The van der Waals surface area contributed by atoms with Gasteiger partial charge in [-0.15, -0.1) is 46.1 Å². The Morgan fingerprint density at radius 3 is 0.265 bits per heavy atom. The summed E-state index contributed by atoms with van der Waals surface area (Å²) in [4.78, 5) is 0. The summed E-state index contributed by atoms with van der Waals surface area (Å²) >= 11 is 0. The van der Waals surface area contributed by atoms with Gasteiger partial charge in [0.2, 0.25) is 0 Å². The van der Waals surface area contributed by atoms with Gasteiger partial charge in [-0.1, -0.05) is 251 Å². The molecular weight excluding hydrogens is 1770 g/mol. The van der Waals surface area contributed by atoms with E-state index in [1.54, 1.807) is 38.9 Å². The maximum Gasteiger partial charge on any atom is -0.0162 e. The van der Waals surface area contributed by atoms with Crippen molar-refractivity contribution < 1.29 is 0 Å². The Bertz CT molecular complexity index is 3960. The maximum absolute atomic E-state index is 3.97. The summed E-state index contributed by atoms with van der Waals surface area (Å²) < 4.78 is 0. The smallest absolute Gasteiger partial charge is 0.0162 e. The zero-order valence-electron chi connectivity index (χ0n) is 94.9. The molecule has 14 aliphatic carbocycles. The molecule has 0 bridgehead atoms. The molecular formula is C147H210. The molecule has 14 saturated carbocycles. The molecule has 0 heteroatoms. The highest BCUT2D eigenvalue weighted by molar-refractivity contribution is 5.32. The molecule has 0 atom stereocenters. The zero-order valence-corrected chi connectivity index (χ0v) is 94.9. The Morgan fingerprint density at radius 2 is 0.190 bits per heavy atom. The lowest BCUT2D eigenvalue weighted by Crippen LogP contribution is -2.25. The molecule has 0 heterocycles. The van der Waals surface area contributed by atoms with Gasteiger partial charge < -0.3 is 0 Å². The van der Waals surface area contributed by atoms with Crippen molar-refractivity contribution in [3.8, 4) is 0 Å². The summed E-state index contributed by atoms with van der Waals surface area (Å²) in [6.45, 7) is 43.1. The van der Waals surface area contributed by atoms with Crippen LogP contribution in [0.1, 0.15) is 479 Å². The van der Waals surface area contributed by atoms with Crippen molar-refractivity contribution in [3.63, 3.8) is 0 Å². The average Bonchev–Trinajstić information content (AvgIpc) is 0.854. The second-order valence-electron chi connectivity index (χ2n) is 52.0. The first-order valence-corrected chi connectivity index (χ1v) is 62.7. The van der Waals surface area contributed by atoms with E-state index in [0.717, 1.165) is 166 Å². The van der Waals surface area contributed by atoms with E-state index in [1.165, 1.54) is 399 Å². The van der Waals surface area contributed by atoms with Crippen molar-refractivity contribution in [1.29, 1.82) is 0 Å². The van der Waals surface area contributed by atoms with Crippen molar-refractivity contribution in [2.45, 2.75) is 449 Å². The Balaban J connectivity index is 0.000000129. The van der Waals surface area contributed by atoms with Crippen LogP contribution in [0.25, 0.3) is 0 Å². The lowest BCUT2D eigenvalue weighted by molar-refractivity contribution is 0.171. The highest BCUT2D eigenvalue weighted by atomic mass is 14.4. The van der Waals surface area contributed by atoms with Gasteiger partial charge in [-0.05, 0) is 613 Å². The Morgan fingerprint density at radius 1 is 0.116 bits per heavy atom. The highest BCUT2D eigenvalue weighted by Crippen LogP contribution is 2.53. The molecule has 0 saturated heterocycles. The fourth-order valence-electron chi connectivity index (χ4n) is 32.3. The van der Waals surface area contributed by atoms with E-state index in [0.29, 0.717) is 0 Å². The normalized spacial score (nSPS) is 33.6. The van der Waals surface area contributed by atoms with E-state index in [4.69, 9.17) is 0 Å². The van der Waals surface area contributed by atoms with E-state index in [1.807, 2.05) is 0 Å². The molecule has 0 nitrogen and oxygen atoms in total. The van der Waals surface area contributed by atoms with Crippen LogP contribution in [-0.2, 0) is 0 Å². The van der Waals surface area contributed by atoms with Gasteiger partial charge in [0.15, 0.2) is 0 Å². The number of rotatable bonds is 21. The first-order chi connectivity index (χ1) is 71.8.